The largest absolute Gasteiger partial charge is 0.499 e. The number of nitrogens with one attached hydrogen (secondary N) is 1. The number of H-pyrrole nitrogens is 1. The molecule has 22 heavy (non-hydrogen) atoms. The summed E-state index contributed by atoms with van der Waals surface area (Å²) >= 11 is 0.410. The lowest BCUT2D eigenvalue weighted by molar-refractivity contribution is 0.104. The van der Waals surface area contributed by atoms with Crippen molar-refractivity contribution in [3.05, 3.63) is 48.6 Å². The molecule has 0 saturated heterocycles. The molecule has 0 bridgehead atoms. The van der Waals surface area contributed by atoms with Crippen LogP contribution in [0.15, 0.2) is 15.7 Å². The molecule has 8 heteroatoms. The summed E-state index contributed by atoms with van der Waals surface area (Å²) in [6.07, 6.45) is 2.75. The van der Waals surface area contributed by atoms with Gasteiger partial charge < -0.3 is 5.11 Å². The molecule has 2 rings (SSSR count). The predicted molar refractivity (Wildman–Crippen MR) is 83.6 cm³/mol. The molecular formula is C14H15N3O4S. The van der Waals surface area contributed by atoms with E-state index in [9.17, 15) is 19.5 Å². The van der Waals surface area contributed by atoms with Crippen molar-refractivity contribution in [2.45, 2.75) is 27.3 Å². The minimum absolute atomic E-state index is 0.410. The topological polar surface area (TPSA) is 105 Å². The normalized spacial score (nSPS) is 11.2. The van der Waals surface area contributed by atoms with E-state index in [1.807, 2.05) is 25.8 Å². The molecule has 7 nitrogen and oxygen atoms in total. The van der Waals surface area contributed by atoms with Crippen molar-refractivity contribution in [1.82, 2.24) is 14.8 Å². The molecule has 2 heterocycles. The zero-order valence-electron chi connectivity index (χ0n) is 12.3. The Kier molecular flexibility index (Phi) is 4.41. The smallest absolute Gasteiger partial charge is 0.310 e. The Balaban J connectivity index is 2.40. The van der Waals surface area contributed by atoms with Crippen molar-refractivity contribution >= 4 is 23.2 Å². The third-order valence-electron chi connectivity index (χ3n) is 3.23. The molecule has 0 aliphatic rings. The number of aromatic nitrogens is 3. The van der Waals surface area contributed by atoms with Gasteiger partial charge in [0.05, 0.1) is 5.69 Å². The number of hydrogen-bond acceptors (Lipinski definition) is 6. The molecule has 116 valence electrons. The first-order chi connectivity index (χ1) is 10.3. The monoisotopic (exact) mass is 321 g/mol. The average Bonchev–Trinajstić information content (AvgIpc) is 2.70. The Morgan fingerprint density at radius 3 is 2.64 bits per heavy atom. The van der Waals surface area contributed by atoms with Gasteiger partial charge in [0.1, 0.15) is 5.56 Å². The molecule has 0 saturated carbocycles. The lowest BCUT2D eigenvalue weighted by atomic mass is 10.1. The Hall–Kier alpha value is -2.48. The zero-order valence-corrected chi connectivity index (χ0v) is 13.2. The second-order valence-corrected chi connectivity index (χ2v) is 5.58. The first-order valence-electron chi connectivity index (χ1n) is 6.58. The van der Waals surface area contributed by atoms with Gasteiger partial charge in [0.2, 0.25) is 0 Å². The summed E-state index contributed by atoms with van der Waals surface area (Å²) in [5.74, 6) is -0.668. The van der Waals surface area contributed by atoms with E-state index in [4.69, 9.17) is 0 Å². The molecule has 2 aromatic rings. The van der Waals surface area contributed by atoms with E-state index in [0.29, 0.717) is 17.9 Å². The van der Waals surface area contributed by atoms with Gasteiger partial charge in [0.25, 0.3) is 5.56 Å². The van der Waals surface area contributed by atoms with E-state index >= 15 is 0 Å². The van der Waals surface area contributed by atoms with Crippen LogP contribution in [-0.2, 0) is 6.54 Å². The maximum Gasteiger partial charge on any atom is 0.310 e. The van der Waals surface area contributed by atoms with Crippen molar-refractivity contribution < 1.29 is 9.90 Å². The van der Waals surface area contributed by atoms with E-state index < -0.39 is 26.8 Å². The van der Waals surface area contributed by atoms with E-state index in [1.165, 1.54) is 6.08 Å². The van der Waals surface area contributed by atoms with Crippen molar-refractivity contribution in [1.29, 1.82) is 0 Å². The summed E-state index contributed by atoms with van der Waals surface area (Å²) in [6, 6.07) is 0. The van der Waals surface area contributed by atoms with Crippen LogP contribution in [0.25, 0.3) is 6.08 Å². The van der Waals surface area contributed by atoms with Crippen LogP contribution >= 0.6 is 11.3 Å². The summed E-state index contributed by atoms with van der Waals surface area (Å²) in [6.45, 7) is 6.37. The highest BCUT2D eigenvalue weighted by atomic mass is 32.1. The summed E-state index contributed by atoms with van der Waals surface area (Å²) < 4.78 is 1.80. The van der Waals surface area contributed by atoms with E-state index in [-0.39, 0.29) is 0 Å². The molecule has 0 spiro atoms. The van der Waals surface area contributed by atoms with Crippen LogP contribution in [0.4, 0.5) is 0 Å². The first-order valence-corrected chi connectivity index (χ1v) is 7.39. The second kappa shape index (κ2) is 6.10. The highest BCUT2D eigenvalue weighted by molar-refractivity contribution is 7.11. The van der Waals surface area contributed by atoms with Crippen LogP contribution in [-0.4, -0.2) is 25.7 Å². The highest BCUT2D eigenvalue weighted by Gasteiger charge is 2.16. The van der Waals surface area contributed by atoms with E-state index in [0.717, 1.165) is 17.0 Å². The quantitative estimate of drug-likeness (QED) is 0.651. The first kappa shape index (κ1) is 15.9. The number of ketones is 1. The molecule has 0 unspecified atom stereocenters. The van der Waals surface area contributed by atoms with Gasteiger partial charge in [-0.1, -0.05) is 0 Å². The van der Waals surface area contributed by atoms with Gasteiger partial charge in [0, 0.05) is 17.8 Å². The summed E-state index contributed by atoms with van der Waals surface area (Å²) in [4.78, 5) is 36.0. The molecule has 2 N–H and O–H groups in total. The molecular weight excluding hydrogens is 306 g/mol. The van der Waals surface area contributed by atoms with Gasteiger partial charge in [-0.15, -0.1) is 0 Å². The number of aromatic amines is 1. The zero-order chi connectivity index (χ0) is 16.4. The number of carbonyl (C=O) groups excluding carboxylic acids is 1. The molecule has 0 atom stereocenters. The lowest BCUT2D eigenvalue weighted by Crippen LogP contribution is -2.22. The van der Waals surface area contributed by atoms with Crippen LogP contribution in [0.5, 0.6) is 5.06 Å². The Morgan fingerprint density at radius 2 is 2.09 bits per heavy atom. The Bertz CT molecular complexity index is 873. The number of aryl methyl sites for hydroxylation is 2. The summed E-state index contributed by atoms with van der Waals surface area (Å²) in [7, 11) is 0. The van der Waals surface area contributed by atoms with E-state index in [1.54, 1.807) is 10.8 Å². The van der Waals surface area contributed by atoms with Crippen LogP contribution in [0.1, 0.15) is 34.2 Å². The van der Waals surface area contributed by atoms with Crippen LogP contribution < -0.4 is 10.4 Å². The van der Waals surface area contributed by atoms with Crippen LogP contribution in [0, 0.1) is 13.8 Å². The number of nitrogens with zero attached hydrogens (tertiary/aromatic N) is 2. The Morgan fingerprint density at radius 1 is 1.41 bits per heavy atom. The second-order valence-electron chi connectivity index (χ2n) is 4.62. The van der Waals surface area contributed by atoms with Gasteiger partial charge in [-0.25, -0.2) is 0 Å². The van der Waals surface area contributed by atoms with Crippen molar-refractivity contribution in [3.63, 3.8) is 0 Å². The van der Waals surface area contributed by atoms with Gasteiger partial charge in [-0.05, 0) is 44.3 Å². The van der Waals surface area contributed by atoms with Crippen LogP contribution in [0.3, 0.4) is 0 Å². The lowest BCUT2D eigenvalue weighted by Gasteiger charge is -1.99. The molecule has 0 aromatic carbocycles. The fourth-order valence-electron chi connectivity index (χ4n) is 2.14. The van der Waals surface area contributed by atoms with Gasteiger partial charge in [-0.3, -0.25) is 24.0 Å². The number of aromatic hydroxyl groups is 1. The minimum Gasteiger partial charge on any atom is -0.499 e. The highest BCUT2D eigenvalue weighted by Crippen LogP contribution is 2.18. The van der Waals surface area contributed by atoms with Crippen molar-refractivity contribution in [2.75, 3.05) is 0 Å². The van der Waals surface area contributed by atoms with Gasteiger partial charge in [0.15, 0.2) is 10.8 Å². The summed E-state index contributed by atoms with van der Waals surface area (Å²) in [5.41, 5.74) is 1.13. The van der Waals surface area contributed by atoms with Gasteiger partial charge >= 0.3 is 4.87 Å². The van der Waals surface area contributed by atoms with Crippen molar-refractivity contribution in [3.8, 4) is 5.06 Å². The number of carbonyl (C=O) groups is 1. The van der Waals surface area contributed by atoms with Crippen LogP contribution in [0.2, 0.25) is 0 Å². The average molecular weight is 321 g/mol. The molecule has 0 fully saturated rings. The summed E-state index contributed by atoms with van der Waals surface area (Å²) in [5, 5.41) is 13.4. The van der Waals surface area contributed by atoms with Crippen molar-refractivity contribution in [2.24, 2.45) is 0 Å². The minimum atomic E-state index is -0.895. The number of rotatable bonds is 4. The molecule has 2 aromatic heterocycles. The number of hydrogen-bond donors (Lipinski definition) is 2. The van der Waals surface area contributed by atoms with E-state index in [2.05, 4.69) is 5.10 Å². The molecule has 0 aliphatic heterocycles. The molecule has 0 amide bonds. The fraction of sp³-hybridized carbons (Fsp3) is 0.286. The third-order valence-corrected chi connectivity index (χ3v) is 3.92. The fourth-order valence-corrected chi connectivity index (χ4v) is 2.75. The molecule has 0 aliphatic carbocycles. The third kappa shape index (κ3) is 2.91. The molecule has 0 radical (unpaired) electrons. The SMILES string of the molecule is CCn1nc(C)c(/C=C/C(=O)c2c(O)sc(=O)[nH]c2=O)c1C. The van der Waals surface area contributed by atoms with Gasteiger partial charge in [-0.2, -0.15) is 5.10 Å². The standard InChI is InChI=1S/C14H15N3O4S/c1-4-17-8(3)9(7(2)16-17)5-6-10(18)11-12(19)15-14(21)22-13(11)20/h5-6,20H,4H2,1-3H3,(H,15,19,21)/b6-5+. The Labute approximate surface area is 129 Å². The maximum absolute atomic E-state index is 12.1. The number of allylic oxidation sites excluding steroid dienone is 1. The maximum atomic E-state index is 12.1. The predicted octanol–water partition coefficient (Wildman–Crippen LogP) is 1.23.